The minimum Gasteiger partial charge on any atom is -0.469 e. The van der Waals surface area contributed by atoms with Crippen molar-refractivity contribution in [3.8, 4) is 0 Å². The van der Waals surface area contributed by atoms with Crippen molar-refractivity contribution < 1.29 is 9.53 Å². The summed E-state index contributed by atoms with van der Waals surface area (Å²) in [4.78, 5) is 10.9. The first kappa shape index (κ1) is 123. The topological polar surface area (TPSA) is 26.3 Å². The third-order valence-electron chi connectivity index (χ3n) is 29.7. The lowest BCUT2D eigenvalue weighted by atomic mass is 9.60. The minimum absolute atomic E-state index is 0.0755. The van der Waals surface area contributed by atoms with Crippen LogP contribution in [0.15, 0.2) is 97.1 Å². The van der Waals surface area contributed by atoms with Crippen LogP contribution in [0.25, 0.3) is 0 Å². The van der Waals surface area contributed by atoms with E-state index >= 15 is 0 Å². The fraction of sp³-hybridized carbons (Fsp3) is 0.797. The molecule has 2 nitrogen and oxygen atoms in total. The van der Waals surface area contributed by atoms with Gasteiger partial charge in [0.2, 0.25) is 0 Å². The maximum absolute atomic E-state index is 10.9. The van der Waals surface area contributed by atoms with E-state index in [0.29, 0.717) is 21.7 Å². The molecule has 0 radical (unpaired) electrons. The molecule has 2 bridgehead atoms. The van der Waals surface area contributed by atoms with E-state index in [0.717, 1.165) is 116 Å². The predicted octanol–water partition coefficient (Wildman–Crippen LogP) is 40.9. The molecule has 6 aliphatic carbocycles. The summed E-state index contributed by atoms with van der Waals surface area (Å²) in [6.07, 6.45) is 66.6. The lowest BCUT2D eigenvalue weighted by molar-refractivity contribution is -0.145. The van der Waals surface area contributed by atoms with Crippen LogP contribution in [0.3, 0.4) is 0 Å². The SMILES string of the molecule is CC1CCC(CC2CCC(C)CC2)CC1.CCC.CCC1(C)CC(C)CC(C)(C)C1.CCC1CC2CCC1C2.CCC1CCCC(CC)C1.CCCC(C)(C)CC(C)CC.CCCC(C)CC(C)(C)CC.CCCCCC(C)C(=O)OC.CCCCCCCC.CCc1ccc(CC)cc1.CCc1cccc(CC)c1.Cc1ccc(Cc2ccc(C)cc2)cc1. The molecule has 728 valence electrons. The number of benzene rings is 4. The van der Waals surface area contributed by atoms with Gasteiger partial charge >= 0.3 is 5.97 Å². The number of fused-ring (bicyclic) bond motifs is 2. The second kappa shape index (κ2) is 74.8. The van der Waals surface area contributed by atoms with Gasteiger partial charge in [0, 0.05) is 0 Å². The van der Waals surface area contributed by atoms with Crippen molar-refractivity contribution in [3.63, 3.8) is 0 Å². The Bertz CT molecular complexity index is 2890. The van der Waals surface area contributed by atoms with Crippen molar-refractivity contribution in [2.24, 2.45) is 98.6 Å². The largest absolute Gasteiger partial charge is 0.469 e. The van der Waals surface area contributed by atoms with Gasteiger partial charge in [0.05, 0.1) is 13.0 Å². The fourth-order valence-electron chi connectivity index (χ4n) is 21.2. The molecule has 0 heterocycles. The highest BCUT2D eigenvalue weighted by Gasteiger charge is 2.39. The molecule has 0 amide bonds. The first-order chi connectivity index (χ1) is 59.4. The zero-order valence-electron chi connectivity index (χ0n) is 91.0. The molecule has 4 aromatic rings. The van der Waals surface area contributed by atoms with Crippen molar-refractivity contribution in [1.82, 2.24) is 0 Å². The maximum Gasteiger partial charge on any atom is 0.308 e. The highest BCUT2D eigenvalue weighted by Crippen LogP contribution is 2.51. The summed E-state index contributed by atoms with van der Waals surface area (Å²) in [6, 6.07) is 35.1. The molecule has 0 N–H and O–H groups in total. The molecule has 6 fully saturated rings. The van der Waals surface area contributed by atoms with E-state index in [1.165, 1.54) is 283 Å². The summed E-state index contributed by atoms with van der Waals surface area (Å²) in [7, 11) is 1.44. The van der Waals surface area contributed by atoms with Gasteiger partial charge in [0.15, 0.2) is 0 Å². The monoisotopic (exact) mass is 1730 g/mol. The Morgan fingerprint density at radius 1 is 0.440 bits per heavy atom. The van der Waals surface area contributed by atoms with Gasteiger partial charge in [-0.05, 0) is 249 Å². The number of carbonyl (C=O) groups excluding carboxylic acids is 1. The van der Waals surface area contributed by atoms with Gasteiger partial charge < -0.3 is 4.74 Å². The van der Waals surface area contributed by atoms with Crippen LogP contribution in [-0.4, -0.2) is 13.1 Å². The molecule has 6 saturated carbocycles. The minimum atomic E-state index is -0.0823. The van der Waals surface area contributed by atoms with E-state index in [1.54, 1.807) is 32.1 Å². The zero-order chi connectivity index (χ0) is 94.7. The molecular weight excluding hydrogens is 1510 g/mol. The average molecular weight is 1740 g/mol. The molecule has 0 aromatic heterocycles. The van der Waals surface area contributed by atoms with Crippen LogP contribution in [0.1, 0.15) is 528 Å². The molecule has 2 heteroatoms. The maximum atomic E-state index is 10.9. The number of rotatable bonds is 32. The van der Waals surface area contributed by atoms with Gasteiger partial charge in [-0.25, -0.2) is 0 Å². The highest BCUT2D eigenvalue weighted by molar-refractivity contribution is 5.71. The van der Waals surface area contributed by atoms with Crippen LogP contribution in [0.4, 0.5) is 0 Å². The lowest BCUT2D eigenvalue weighted by Crippen LogP contribution is -2.34. The lowest BCUT2D eigenvalue weighted by Gasteiger charge is -2.45. The molecule has 125 heavy (non-hydrogen) atoms. The van der Waals surface area contributed by atoms with E-state index in [1.807, 2.05) is 6.92 Å². The molecule has 0 saturated heterocycles. The van der Waals surface area contributed by atoms with Gasteiger partial charge in [-0.1, -0.05) is 515 Å². The Morgan fingerprint density at radius 3 is 1.22 bits per heavy atom. The zero-order valence-corrected chi connectivity index (χ0v) is 91.0. The fourth-order valence-corrected chi connectivity index (χ4v) is 21.2. The van der Waals surface area contributed by atoms with Crippen molar-refractivity contribution >= 4 is 5.97 Å². The van der Waals surface area contributed by atoms with Crippen LogP contribution in [0.2, 0.25) is 0 Å². The van der Waals surface area contributed by atoms with Crippen molar-refractivity contribution in [1.29, 1.82) is 0 Å². The van der Waals surface area contributed by atoms with Crippen LogP contribution in [0, 0.1) is 112 Å². The number of esters is 1. The number of methoxy groups -OCH3 is 1. The summed E-state index contributed by atoms with van der Waals surface area (Å²) >= 11 is 0. The van der Waals surface area contributed by atoms with Gasteiger partial charge in [-0.3, -0.25) is 4.79 Å². The van der Waals surface area contributed by atoms with Crippen LogP contribution < -0.4 is 0 Å². The summed E-state index contributed by atoms with van der Waals surface area (Å²) in [5.41, 5.74) is 13.5. The molecule has 6 aliphatic rings. The molecular formula is C123H224O2. The molecule has 10 unspecified atom stereocenters. The number of ether oxygens (including phenoxy) is 1. The second-order valence-electron chi connectivity index (χ2n) is 44.6. The van der Waals surface area contributed by atoms with Gasteiger partial charge in [0.25, 0.3) is 0 Å². The molecule has 10 rings (SSSR count). The first-order valence-electron chi connectivity index (χ1n) is 54.8. The molecule has 10 atom stereocenters. The quantitative estimate of drug-likeness (QED) is 0.0360. The van der Waals surface area contributed by atoms with E-state index in [-0.39, 0.29) is 11.9 Å². The van der Waals surface area contributed by atoms with Crippen LogP contribution in [-0.2, 0) is 41.6 Å². The summed E-state index contributed by atoms with van der Waals surface area (Å²) in [5, 5.41) is 0. The third kappa shape index (κ3) is 64.0. The predicted molar refractivity (Wildman–Crippen MR) is 569 cm³/mol. The van der Waals surface area contributed by atoms with Crippen LogP contribution in [0.5, 0.6) is 0 Å². The molecule has 4 aromatic carbocycles. The smallest absolute Gasteiger partial charge is 0.308 e. The summed E-state index contributed by atoms with van der Waals surface area (Å²) in [5.74, 6) is 12.5. The van der Waals surface area contributed by atoms with E-state index < -0.39 is 0 Å². The Balaban J connectivity index is 0. The van der Waals surface area contributed by atoms with Gasteiger partial charge in [-0.2, -0.15) is 0 Å². The Labute approximate surface area is 787 Å². The van der Waals surface area contributed by atoms with E-state index in [2.05, 4.69) is 316 Å². The molecule has 0 spiro atoms. The molecule has 0 aliphatic heterocycles. The van der Waals surface area contributed by atoms with Crippen LogP contribution >= 0.6 is 0 Å². The van der Waals surface area contributed by atoms with Gasteiger partial charge in [0.1, 0.15) is 0 Å². The number of hydrogen-bond acceptors (Lipinski definition) is 2. The van der Waals surface area contributed by atoms with E-state index in [4.69, 9.17) is 0 Å². The first-order valence-corrected chi connectivity index (χ1v) is 54.8. The number of unbranched alkanes of at least 4 members (excludes halogenated alkanes) is 7. The second-order valence-corrected chi connectivity index (χ2v) is 44.6. The number of hydrogen-bond donors (Lipinski definition) is 0. The third-order valence-corrected chi connectivity index (χ3v) is 29.7. The highest BCUT2D eigenvalue weighted by atomic mass is 16.5. The van der Waals surface area contributed by atoms with Gasteiger partial charge in [-0.15, -0.1) is 0 Å². The summed E-state index contributed by atoms with van der Waals surface area (Å²) in [6.45, 7) is 73.2. The van der Waals surface area contributed by atoms with Crippen molar-refractivity contribution in [2.45, 2.75) is 530 Å². The Kier molecular flexibility index (Phi) is 73.9. The average Bonchev–Trinajstić information content (AvgIpc) is 1.72. The Hall–Kier alpha value is -3.65. The number of aryl methyl sites for hydroxylation is 6. The van der Waals surface area contributed by atoms with E-state index in [9.17, 15) is 4.79 Å². The summed E-state index contributed by atoms with van der Waals surface area (Å²) < 4.78 is 4.60. The van der Waals surface area contributed by atoms with Crippen molar-refractivity contribution in [2.75, 3.05) is 7.11 Å². The number of carbonyl (C=O) groups is 1. The Morgan fingerprint density at radius 2 is 0.880 bits per heavy atom. The normalized spacial score (nSPS) is 22.6. The standard InChI is InChI=1S/C15H28.C15H16.C12H24.2C11H24.C10H14.C10H20.C10H14.C9H18O2.C9H16.C8H18.C3H8/c2*1-12-3-7-14(8-4-12)11-15-9-5-13(2)6-10-15;1-6-12(5)8-10(2)7-11(3,4)9-12;1-6-8-10(3)9-11(4,5)7-2;1-6-8-11(4,5)9-10(3)7-2;1-3-9-5-7-10(4-2)8-6-9;2*1-3-9-6-5-7-10(4-2)8-9;1-4-5-6-7-8(2)9(10)11-3;1-2-8-5-7-3-4-9(8)6-7;1-3-5-7-8-6-4-2;1-3-2/h12-15H,3-11H2,1-2H3;3-10H,11H2,1-2H3;10H,6-9H2,1-5H3;2*10H,6-9H2,1-5H3;5-8H,3-4H2,1-2H3;9-10H,3-8H2,1-2H3;5-8H,3-4H2,1-2H3;8H,4-7H2,1-3H3;7-9H,2-6H2,1H3;3-8H2,1-2H3;3H2,1-2H3. The van der Waals surface area contributed by atoms with Crippen molar-refractivity contribution in [3.05, 3.63) is 142 Å².